The molecule has 5 nitrogen and oxygen atoms in total. The largest absolute Gasteiger partial charge is 0.366 e. The molecule has 0 bridgehead atoms. The number of rotatable bonds is 1. The van der Waals surface area contributed by atoms with Crippen molar-refractivity contribution in [3.05, 3.63) is 23.8 Å². The standard InChI is InChI=1S/C9H8N4O/c1-5(14)6-2-3-7-8(4-6)12-13-9(10)11-7/h2-4H,1H3,(H2,10,11,13). The van der Waals surface area contributed by atoms with Crippen molar-refractivity contribution in [1.29, 1.82) is 0 Å². The van der Waals surface area contributed by atoms with Crippen LogP contribution in [0.1, 0.15) is 17.3 Å². The zero-order chi connectivity index (χ0) is 10.1. The molecular formula is C9H8N4O. The van der Waals surface area contributed by atoms with E-state index in [1.165, 1.54) is 6.92 Å². The van der Waals surface area contributed by atoms with Crippen LogP contribution in [0.5, 0.6) is 0 Å². The molecule has 0 unspecified atom stereocenters. The maximum Gasteiger partial charge on any atom is 0.240 e. The highest BCUT2D eigenvalue weighted by atomic mass is 16.1. The van der Waals surface area contributed by atoms with Crippen LogP contribution in [0.15, 0.2) is 18.2 Å². The van der Waals surface area contributed by atoms with Crippen LogP contribution < -0.4 is 5.73 Å². The lowest BCUT2D eigenvalue weighted by molar-refractivity contribution is 0.101. The average Bonchev–Trinajstić information content (AvgIpc) is 2.16. The van der Waals surface area contributed by atoms with Gasteiger partial charge in [-0.05, 0) is 25.1 Å². The van der Waals surface area contributed by atoms with Gasteiger partial charge in [-0.3, -0.25) is 4.79 Å². The van der Waals surface area contributed by atoms with E-state index >= 15 is 0 Å². The van der Waals surface area contributed by atoms with E-state index in [4.69, 9.17) is 5.73 Å². The smallest absolute Gasteiger partial charge is 0.240 e. The second-order valence-electron chi connectivity index (χ2n) is 2.93. The summed E-state index contributed by atoms with van der Waals surface area (Å²) in [6.45, 7) is 1.50. The Morgan fingerprint density at radius 3 is 2.79 bits per heavy atom. The maximum atomic E-state index is 11.1. The predicted octanol–water partition coefficient (Wildman–Crippen LogP) is 0.810. The Kier molecular flexibility index (Phi) is 1.85. The first-order valence-corrected chi connectivity index (χ1v) is 4.08. The van der Waals surface area contributed by atoms with Crippen LogP contribution in [-0.4, -0.2) is 21.0 Å². The van der Waals surface area contributed by atoms with Crippen molar-refractivity contribution < 1.29 is 4.79 Å². The molecule has 0 aliphatic carbocycles. The average molecular weight is 188 g/mol. The number of nitrogens with zero attached hydrogens (tertiary/aromatic N) is 3. The molecule has 0 saturated carbocycles. The van der Waals surface area contributed by atoms with Crippen LogP contribution in [0.4, 0.5) is 5.95 Å². The molecule has 0 saturated heterocycles. The zero-order valence-corrected chi connectivity index (χ0v) is 7.56. The number of aromatic nitrogens is 3. The van der Waals surface area contributed by atoms with E-state index in [-0.39, 0.29) is 11.7 Å². The van der Waals surface area contributed by atoms with E-state index in [0.29, 0.717) is 16.6 Å². The summed E-state index contributed by atoms with van der Waals surface area (Å²) < 4.78 is 0. The Balaban J connectivity index is 2.67. The summed E-state index contributed by atoms with van der Waals surface area (Å²) in [5.41, 5.74) is 7.18. The fourth-order valence-electron chi connectivity index (χ4n) is 1.17. The van der Waals surface area contributed by atoms with Gasteiger partial charge in [-0.15, -0.1) is 10.2 Å². The second-order valence-corrected chi connectivity index (χ2v) is 2.93. The highest BCUT2D eigenvalue weighted by Gasteiger charge is 2.03. The minimum absolute atomic E-state index is 0.00877. The number of hydrogen-bond acceptors (Lipinski definition) is 5. The van der Waals surface area contributed by atoms with Gasteiger partial charge in [0.2, 0.25) is 5.95 Å². The zero-order valence-electron chi connectivity index (χ0n) is 7.56. The van der Waals surface area contributed by atoms with Crippen molar-refractivity contribution in [1.82, 2.24) is 15.2 Å². The van der Waals surface area contributed by atoms with Gasteiger partial charge in [-0.1, -0.05) is 0 Å². The van der Waals surface area contributed by atoms with Gasteiger partial charge in [0.1, 0.15) is 5.52 Å². The van der Waals surface area contributed by atoms with Gasteiger partial charge in [0.25, 0.3) is 0 Å². The third-order valence-corrected chi connectivity index (χ3v) is 1.88. The van der Waals surface area contributed by atoms with E-state index in [2.05, 4.69) is 15.2 Å². The highest BCUT2D eigenvalue weighted by Crippen LogP contribution is 2.11. The molecule has 0 atom stereocenters. The molecule has 5 heteroatoms. The summed E-state index contributed by atoms with van der Waals surface area (Å²) in [5, 5.41) is 7.45. The lowest BCUT2D eigenvalue weighted by atomic mass is 10.1. The number of fused-ring (bicyclic) bond motifs is 1. The summed E-state index contributed by atoms with van der Waals surface area (Å²) in [7, 11) is 0. The van der Waals surface area contributed by atoms with Gasteiger partial charge < -0.3 is 5.73 Å². The van der Waals surface area contributed by atoms with Crippen molar-refractivity contribution in [2.45, 2.75) is 6.92 Å². The molecule has 0 radical (unpaired) electrons. The van der Waals surface area contributed by atoms with Crippen LogP contribution >= 0.6 is 0 Å². The summed E-state index contributed by atoms with van der Waals surface area (Å²) >= 11 is 0. The van der Waals surface area contributed by atoms with Crippen molar-refractivity contribution in [3.8, 4) is 0 Å². The molecule has 2 aromatic rings. The van der Waals surface area contributed by atoms with E-state index < -0.39 is 0 Å². The number of hydrogen-bond donors (Lipinski definition) is 1. The van der Waals surface area contributed by atoms with E-state index in [1.807, 2.05) is 0 Å². The molecule has 0 amide bonds. The van der Waals surface area contributed by atoms with Gasteiger partial charge in [-0.2, -0.15) is 0 Å². The highest BCUT2D eigenvalue weighted by molar-refractivity contribution is 5.97. The number of carbonyl (C=O) groups excluding carboxylic acids is 1. The predicted molar refractivity (Wildman–Crippen MR) is 51.7 cm³/mol. The van der Waals surface area contributed by atoms with Gasteiger partial charge in [0.15, 0.2) is 5.78 Å². The third-order valence-electron chi connectivity index (χ3n) is 1.88. The van der Waals surface area contributed by atoms with Crippen LogP contribution in [0.2, 0.25) is 0 Å². The fraction of sp³-hybridized carbons (Fsp3) is 0.111. The molecule has 1 aromatic carbocycles. The summed E-state index contributed by atoms with van der Waals surface area (Å²) in [4.78, 5) is 15.0. The lowest BCUT2D eigenvalue weighted by Crippen LogP contribution is -1.99. The first kappa shape index (κ1) is 8.55. The second kappa shape index (κ2) is 3.02. The topological polar surface area (TPSA) is 81.8 Å². The number of nitrogen functional groups attached to an aromatic ring is 1. The molecule has 1 aromatic heterocycles. The Bertz CT molecular complexity index is 509. The first-order valence-electron chi connectivity index (χ1n) is 4.08. The minimum atomic E-state index is -0.00877. The van der Waals surface area contributed by atoms with Crippen LogP contribution in [0, 0.1) is 0 Å². The van der Waals surface area contributed by atoms with Crippen LogP contribution in [0.3, 0.4) is 0 Å². The number of nitrogens with two attached hydrogens (primary N) is 1. The van der Waals surface area contributed by atoms with Gasteiger partial charge in [0.05, 0.1) is 5.52 Å². The van der Waals surface area contributed by atoms with Crippen molar-refractivity contribution >= 4 is 22.8 Å². The van der Waals surface area contributed by atoms with Gasteiger partial charge in [0, 0.05) is 5.56 Å². The molecule has 0 aliphatic heterocycles. The molecule has 70 valence electrons. The van der Waals surface area contributed by atoms with E-state index in [0.717, 1.165) is 0 Å². The number of carbonyl (C=O) groups is 1. The van der Waals surface area contributed by atoms with Gasteiger partial charge in [-0.25, -0.2) is 4.98 Å². The SMILES string of the molecule is CC(=O)c1ccc2nc(N)nnc2c1. The number of ketones is 1. The van der Waals surface area contributed by atoms with E-state index in [1.54, 1.807) is 18.2 Å². The molecule has 0 aliphatic rings. The molecule has 0 spiro atoms. The molecule has 0 fully saturated rings. The molecule has 14 heavy (non-hydrogen) atoms. The number of benzene rings is 1. The van der Waals surface area contributed by atoms with Crippen molar-refractivity contribution in [2.75, 3.05) is 5.73 Å². The summed E-state index contributed by atoms with van der Waals surface area (Å²) in [5.74, 6) is 0.124. The Morgan fingerprint density at radius 1 is 1.29 bits per heavy atom. The summed E-state index contributed by atoms with van der Waals surface area (Å²) in [6.07, 6.45) is 0. The monoisotopic (exact) mass is 188 g/mol. The number of anilines is 1. The fourth-order valence-corrected chi connectivity index (χ4v) is 1.17. The van der Waals surface area contributed by atoms with Crippen LogP contribution in [0.25, 0.3) is 11.0 Å². The Labute approximate surface area is 80.0 Å². The summed E-state index contributed by atoms with van der Waals surface area (Å²) in [6, 6.07) is 5.05. The third kappa shape index (κ3) is 1.39. The van der Waals surface area contributed by atoms with Crippen LogP contribution in [-0.2, 0) is 0 Å². The first-order chi connectivity index (χ1) is 6.66. The molecule has 2 N–H and O–H groups in total. The van der Waals surface area contributed by atoms with Gasteiger partial charge >= 0.3 is 0 Å². The van der Waals surface area contributed by atoms with E-state index in [9.17, 15) is 4.79 Å². The van der Waals surface area contributed by atoms with Crippen molar-refractivity contribution in [2.24, 2.45) is 0 Å². The van der Waals surface area contributed by atoms with Crippen molar-refractivity contribution in [3.63, 3.8) is 0 Å². The molecule has 1 heterocycles. The minimum Gasteiger partial charge on any atom is -0.366 e. The molecule has 2 rings (SSSR count). The molecular weight excluding hydrogens is 180 g/mol. The normalized spacial score (nSPS) is 10.4. The maximum absolute atomic E-state index is 11.1. The Morgan fingerprint density at radius 2 is 2.07 bits per heavy atom. The Hall–Kier alpha value is -2.04. The number of Topliss-reactive ketones (excluding diaryl/α,β-unsaturated/α-hetero) is 1. The quantitative estimate of drug-likeness (QED) is 0.669. The lowest BCUT2D eigenvalue weighted by Gasteiger charge is -1.98.